The summed E-state index contributed by atoms with van der Waals surface area (Å²) in [5.41, 5.74) is 1.24. The van der Waals surface area contributed by atoms with Crippen molar-refractivity contribution in [3.63, 3.8) is 0 Å². The van der Waals surface area contributed by atoms with Gasteiger partial charge >= 0.3 is 5.69 Å². The van der Waals surface area contributed by atoms with Crippen molar-refractivity contribution in [2.45, 2.75) is 45.6 Å². The summed E-state index contributed by atoms with van der Waals surface area (Å²) in [7, 11) is 0. The highest BCUT2D eigenvalue weighted by atomic mass is 16.6. The van der Waals surface area contributed by atoms with Crippen molar-refractivity contribution in [3.05, 3.63) is 28.3 Å². The third-order valence-electron chi connectivity index (χ3n) is 3.84. The number of nitrogens with one attached hydrogen (secondary N) is 2. The lowest BCUT2D eigenvalue weighted by molar-refractivity contribution is -0.383. The van der Waals surface area contributed by atoms with Gasteiger partial charge < -0.3 is 10.6 Å². The molecule has 0 unspecified atom stereocenters. The molecule has 1 aliphatic rings. The molecule has 5 nitrogen and oxygen atoms in total. The van der Waals surface area contributed by atoms with Gasteiger partial charge in [0.05, 0.1) is 4.92 Å². The van der Waals surface area contributed by atoms with E-state index < -0.39 is 0 Å². The van der Waals surface area contributed by atoms with Crippen LogP contribution in [-0.2, 0) is 0 Å². The van der Waals surface area contributed by atoms with Crippen LogP contribution in [0, 0.1) is 16.0 Å². The van der Waals surface area contributed by atoms with Crippen molar-refractivity contribution in [2.75, 3.05) is 17.2 Å². The SMILES string of the molecule is CCCNc1cccc(NC(C)(C)C2CC2)c1[N+](=O)[O-]. The van der Waals surface area contributed by atoms with E-state index in [1.807, 2.05) is 13.0 Å². The average Bonchev–Trinajstić information content (AvgIpc) is 3.20. The molecule has 20 heavy (non-hydrogen) atoms. The summed E-state index contributed by atoms with van der Waals surface area (Å²) in [6.45, 7) is 6.99. The number of nitrogens with zero attached hydrogens (tertiary/aromatic N) is 1. The zero-order valence-electron chi connectivity index (χ0n) is 12.4. The molecule has 0 saturated heterocycles. The van der Waals surface area contributed by atoms with Gasteiger partial charge in [-0.05, 0) is 51.2 Å². The molecule has 0 bridgehead atoms. The molecule has 1 aromatic carbocycles. The maximum absolute atomic E-state index is 11.4. The largest absolute Gasteiger partial charge is 0.379 e. The molecule has 1 fully saturated rings. The Morgan fingerprint density at radius 3 is 2.55 bits per heavy atom. The molecular formula is C15H23N3O2. The molecule has 0 atom stereocenters. The van der Waals surface area contributed by atoms with Crippen LogP contribution in [-0.4, -0.2) is 17.0 Å². The second-order valence-electron chi connectivity index (χ2n) is 6.01. The van der Waals surface area contributed by atoms with Gasteiger partial charge in [-0.2, -0.15) is 0 Å². The number of hydrogen-bond acceptors (Lipinski definition) is 4. The van der Waals surface area contributed by atoms with Gasteiger partial charge in [0.1, 0.15) is 11.4 Å². The van der Waals surface area contributed by atoms with Crippen LogP contribution in [0.25, 0.3) is 0 Å². The summed E-state index contributed by atoms with van der Waals surface area (Å²) >= 11 is 0. The van der Waals surface area contributed by atoms with Crippen molar-refractivity contribution in [2.24, 2.45) is 5.92 Å². The quantitative estimate of drug-likeness (QED) is 0.583. The maximum Gasteiger partial charge on any atom is 0.315 e. The highest BCUT2D eigenvalue weighted by Gasteiger charge is 2.38. The van der Waals surface area contributed by atoms with Crippen LogP contribution in [0.5, 0.6) is 0 Å². The number of para-hydroxylation sites is 1. The molecule has 1 saturated carbocycles. The number of rotatable bonds is 7. The molecule has 110 valence electrons. The third-order valence-corrected chi connectivity index (χ3v) is 3.84. The van der Waals surface area contributed by atoms with E-state index in [9.17, 15) is 10.1 Å². The standard InChI is InChI=1S/C15H23N3O2/c1-4-10-16-12-6-5-7-13(14(12)18(19)20)17-15(2,3)11-8-9-11/h5-7,11,16-17H,4,8-10H2,1-3H3. The van der Waals surface area contributed by atoms with Gasteiger partial charge in [0.2, 0.25) is 0 Å². The predicted octanol–water partition coefficient (Wildman–Crippen LogP) is 4.02. The van der Waals surface area contributed by atoms with E-state index in [0.717, 1.165) is 13.0 Å². The summed E-state index contributed by atoms with van der Waals surface area (Å²) in [5.74, 6) is 0.606. The third kappa shape index (κ3) is 3.21. The molecular weight excluding hydrogens is 254 g/mol. The first-order valence-electron chi connectivity index (χ1n) is 7.25. The number of benzene rings is 1. The first kappa shape index (κ1) is 14.6. The van der Waals surface area contributed by atoms with Crippen LogP contribution in [0.4, 0.5) is 17.1 Å². The highest BCUT2D eigenvalue weighted by molar-refractivity contribution is 5.76. The average molecular weight is 277 g/mol. The van der Waals surface area contributed by atoms with Crippen molar-refractivity contribution in [1.29, 1.82) is 0 Å². The molecule has 0 radical (unpaired) electrons. The minimum absolute atomic E-state index is 0.103. The number of nitro benzene ring substituents is 1. The van der Waals surface area contributed by atoms with Crippen molar-refractivity contribution >= 4 is 17.1 Å². The predicted molar refractivity (Wildman–Crippen MR) is 82.3 cm³/mol. The summed E-state index contributed by atoms with van der Waals surface area (Å²) in [6.07, 6.45) is 3.32. The van der Waals surface area contributed by atoms with Gasteiger partial charge in [-0.1, -0.05) is 13.0 Å². The van der Waals surface area contributed by atoms with E-state index in [2.05, 4.69) is 24.5 Å². The van der Waals surface area contributed by atoms with E-state index in [-0.39, 0.29) is 16.1 Å². The van der Waals surface area contributed by atoms with Gasteiger partial charge in [0, 0.05) is 12.1 Å². The van der Waals surface area contributed by atoms with E-state index in [1.54, 1.807) is 12.1 Å². The van der Waals surface area contributed by atoms with Crippen molar-refractivity contribution in [1.82, 2.24) is 0 Å². The van der Waals surface area contributed by atoms with Gasteiger partial charge in [-0.25, -0.2) is 0 Å². The van der Waals surface area contributed by atoms with Crippen LogP contribution in [0.1, 0.15) is 40.0 Å². The Balaban J connectivity index is 2.29. The van der Waals surface area contributed by atoms with Crippen LogP contribution in [0.15, 0.2) is 18.2 Å². The molecule has 0 aliphatic heterocycles. The number of nitro groups is 1. The fourth-order valence-corrected chi connectivity index (χ4v) is 2.50. The Labute approximate surface area is 119 Å². The van der Waals surface area contributed by atoms with Crippen LogP contribution < -0.4 is 10.6 Å². The molecule has 1 aliphatic carbocycles. The molecule has 0 aromatic heterocycles. The lowest BCUT2D eigenvalue weighted by Crippen LogP contribution is -2.33. The Kier molecular flexibility index (Phi) is 4.16. The zero-order chi connectivity index (χ0) is 14.8. The number of hydrogen-bond donors (Lipinski definition) is 2. The summed E-state index contributed by atoms with van der Waals surface area (Å²) in [5, 5.41) is 17.9. The van der Waals surface area contributed by atoms with Gasteiger partial charge in [0.15, 0.2) is 0 Å². The summed E-state index contributed by atoms with van der Waals surface area (Å²) in [4.78, 5) is 11.1. The van der Waals surface area contributed by atoms with E-state index in [0.29, 0.717) is 17.3 Å². The van der Waals surface area contributed by atoms with E-state index >= 15 is 0 Å². The number of anilines is 2. The molecule has 0 amide bonds. The Morgan fingerprint density at radius 2 is 2.00 bits per heavy atom. The lowest BCUT2D eigenvalue weighted by Gasteiger charge is -2.27. The molecule has 0 spiro atoms. The van der Waals surface area contributed by atoms with Crippen LogP contribution in [0.2, 0.25) is 0 Å². The molecule has 5 heteroatoms. The van der Waals surface area contributed by atoms with E-state index in [4.69, 9.17) is 0 Å². The lowest BCUT2D eigenvalue weighted by atomic mass is 9.98. The maximum atomic E-state index is 11.4. The topological polar surface area (TPSA) is 67.2 Å². The minimum atomic E-state index is -0.302. The van der Waals surface area contributed by atoms with Gasteiger partial charge in [-0.15, -0.1) is 0 Å². The molecule has 0 heterocycles. The minimum Gasteiger partial charge on any atom is -0.379 e. The smallest absolute Gasteiger partial charge is 0.315 e. The van der Waals surface area contributed by atoms with Crippen LogP contribution >= 0.6 is 0 Å². The van der Waals surface area contributed by atoms with Gasteiger partial charge in [-0.3, -0.25) is 10.1 Å². The first-order valence-corrected chi connectivity index (χ1v) is 7.25. The molecule has 2 N–H and O–H groups in total. The molecule has 1 aromatic rings. The highest BCUT2D eigenvalue weighted by Crippen LogP contribution is 2.43. The Bertz CT molecular complexity index is 496. The van der Waals surface area contributed by atoms with Crippen molar-refractivity contribution < 1.29 is 4.92 Å². The summed E-state index contributed by atoms with van der Waals surface area (Å²) in [6, 6.07) is 5.42. The molecule has 2 rings (SSSR count). The van der Waals surface area contributed by atoms with Crippen LogP contribution in [0.3, 0.4) is 0 Å². The Hall–Kier alpha value is -1.78. The van der Waals surface area contributed by atoms with E-state index in [1.165, 1.54) is 12.8 Å². The monoisotopic (exact) mass is 277 g/mol. The fraction of sp³-hybridized carbons (Fsp3) is 0.600. The second kappa shape index (κ2) is 5.69. The normalized spacial score (nSPS) is 14.9. The van der Waals surface area contributed by atoms with Gasteiger partial charge in [0.25, 0.3) is 0 Å². The Morgan fingerprint density at radius 1 is 1.35 bits per heavy atom. The van der Waals surface area contributed by atoms with Crippen molar-refractivity contribution in [3.8, 4) is 0 Å². The summed E-state index contributed by atoms with van der Waals surface area (Å²) < 4.78 is 0. The second-order valence-corrected chi connectivity index (χ2v) is 6.01. The first-order chi connectivity index (χ1) is 9.45. The zero-order valence-corrected chi connectivity index (χ0v) is 12.4. The fourth-order valence-electron chi connectivity index (χ4n) is 2.50.